The maximum atomic E-state index is 11.1. The summed E-state index contributed by atoms with van der Waals surface area (Å²) in [6.45, 7) is 1.62. The molecule has 0 amide bonds. The van der Waals surface area contributed by atoms with Crippen LogP contribution in [0.3, 0.4) is 0 Å². The van der Waals surface area contributed by atoms with Crippen LogP contribution in [-0.4, -0.2) is 24.6 Å². The van der Waals surface area contributed by atoms with Gasteiger partial charge in [0.2, 0.25) is 5.78 Å². The molecule has 2 heterocycles. The lowest BCUT2D eigenvalue weighted by molar-refractivity contribution is 0.881. The SMILES string of the molecule is Cc1nnc2[nH]c(=O)[nH]c(=O)n12. The summed E-state index contributed by atoms with van der Waals surface area (Å²) in [6, 6.07) is 0. The Morgan fingerprint density at radius 2 is 2.00 bits per heavy atom. The minimum Gasteiger partial charge on any atom is -0.275 e. The van der Waals surface area contributed by atoms with E-state index in [4.69, 9.17) is 0 Å². The fraction of sp³-hybridized carbons (Fsp3) is 0.200. The van der Waals surface area contributed by atoms with Crippen LogP contribution in [0.25, 0.3) is 5.78 Å². The summed E-state index contributed by atoms with van der Waals surface area (Å²) in [5, 5.41) is 7.20. The standard InChI is InChI=1S/C5H5N5O2/c1-2-8-9-3-6-4(11)7-5(12)10(2)3/h1H3,(H2,6,7,9,11,12). The second kappa shape index (κ2) is 2.03. The van der Waals surface area contributed by atoms with E-state index in [0.29, 0.717) is 5.82 Å². The van der Waals surface area contributed by atoms with Crippen molar-refractivity contribution < 1.29 is 0 Å². The van der Waals surface area contributed by atoms with E-state index in [2.05, 4.69) is 20.2 Å². The zero-order chi connectivity index (χ0) is 8.72. The van der Waals surface area contributed by atoms with Crippen LogP contribution in [0.1, 0.15) is 5.82 Å². The van der Waals surface area contributed by atoms with Gasteiger partial charge in [-0.05, 0) is 6.92 Å². The summed E-state index contributed by atoms with van der Waals surface area (Å²) < 4.78 is 1.18. The Balaban J connectivity index is 3.13. The van der Waals surface area contributed by atoms with E-state index in [0.717, 1.165) is 0 Å². The highest BCUT2D eigenvalue weighted by Gasteiger charge is 2.03. The maximum absolute atomic E-state index is 11.1. The summed E-state index contributed by atoms with van der Waals surface area (Å²) in [6.07, 6.45) is 0. The molecule has 0 radical (unpaired) electrons. The molecule has 2 rings (SSSR count). The average Bonchev–Trinajstić information content (AvgIpc) is 2.31. The highest BCUT2D eigenvalue weighted by molar-refractivity contribution is 5.23. The van der Waals surface area contributed by atoms with E-state index in [9.17, 15) is 9.59 Å². The molecule has 0 spiro atoms. The van der Waals surface area contributed by atoms with Gasteiger partial charge in [0, 0.05) is 0 Å². The fourth-order valence-electron chi connectivity index (χ4n) is 0.972. The molecule has 2 N–H and O–H groups in total. The monoisotopic (exact) mass is 167 g/mol. The van der Waals surface area contributed by atoms with Crippen LogP contribution in [0.15, 0.2) is 9.59 Å². The lowest BCUT2D eigenvalue weighted by atomic mass is 10.7. The Morgan fingerprint density at radius 1 is 1.25 bits per heavy atom. The molecule has 0 unspecified atom stereocenters. The number of fused-ring (bicyclic) bond motifs is 1. The molecule has 0 aliphatic heterocycles. The van der Waals surface area contributed by atoms with Crippen molar-refractivity contribution in [2.24, 2.45) is 0 Å². The topological polar surface area (TPSA) is 95.9 Å². The first-order chi connectivity index (χ1) is 5.68. The Labute approximate surface area is 65.1 Å². The first-order valence-electron chi connectivity index (χ1n) is 3.23. The second-order valence-corrected chi connectivity index (χ2v) is 2.29. The van der Waals surface area contributed by atoms with E-state index >= 15 is 0 Å². The van der Waals surface area contributed by atoms with Gasteiger partial charge < -0.3 is 0 Å². The third kappa shape index (κ3) is 0.760. The third-order valence-corrected chi connectivity index (χ3v) is 1.47. The number of nitrogens with zero attached hydrogens (tertiary/aromatic N) is 3. The van der Waals surface area contributed by atoms with Gasteiger partial charge in [0.15, 0.2) is 0 Å². The molecule has 0 bridgehead atoms. The van der Waals surface area contributed by atoms with E-state index in [-0.39, 0.29) is 5.78 Å². The van der Waals surface area contributed by atoms with Crippen molar-refractivity contribution in [3.63, 3.8) is 0 Å². The maximum Gasteiger partial charge on any atom is 0.338 e. The van der Waals surface area contributed by atoms with Crippen molar-refractivity contribution in [3.8, 4) is 0 Å². The summed E-state index contributed by atoms with van der Waals surface area (Å²) in [5.74, 6) is 0.587. The Kier molecular flexibility index (Phi) is 1.15. The van der Waals surface area contributed by atoms with Crippen LogP contribution < -0.4 is 11.4 Å². The number of hydrogen-bond acceptors (Lipinski definition) is 4. The van der Waals surface area contributed by atoms with Gasteiger partial charge in [-0.3, -0.25) is 9.97 Å². The van der Waals surface area contributed by atoms with E-state index in [1.54, 1.807) is 6.92 Å². The number of nitrogens with one attached hydrogen (secondary N) is 2. The number of hydrogen-bond donors (Lipinski definition) is 2. The van der Waals surface area contributed by atoms with Crippen molar-refractivity contribution in [1.29, 1.82) is 0 Å². The molecule has 62 valence electrons. The lowest BCUT2D eigenvalue weighted by Gasteiger charge is -1.89. The van der Waals surface area contributed by atoms with Gasteiger partial charge in [-0.15, -0.1) is 10.2 Å². The Morgan fingerprint density at radius 3 is 2.75 bits per heavy atom. The minimum atomic E-state index is -0.583. The van der Waals surface area contributed by atoms with E-state index < -0.39 is 11.4 Å². The van der Waals surface area contributed by atoms with E-state index in [1.807, 2.05) is 0 Å². The molecule has 7 nitrogen and oxygen atoms in total. The molecule has 0 saturated heterocycles. The highest BCUT2D eigenvalue weighted by atomic mass is 16.2. The van der Waals surface area contributed by atoms with Gasteiger partial charge in [0.1, 0.15) is 5.82 Å². The van der Waals surface area contributed by atoms with Crippen molar-refractivity contribution in [2.45, 2.75) is 6.92 Å². The van der Waals surface area contributed by atoms with Gasteiger partial charge in [-0.2, -0.15) is 0 Å². The van der Waals surface area contributed by atoms with Gasteiger partial charge >= 0.3 is 11.4 Å². The van der Waals surface area contributed by atoms with E-state index in [1.165, 1.54) is 4.40 Å². The molecule has 2 aromatic rings. The highest BCUT2D eigenvalue weighted by Crippen LogP contribution is 1.89. The quantitative estimate of drug-likeness (QED) is 0.494. The second-order valence-electron chi connectivity index (χ2n) is 2.29. The number of aromatic nitrogens is 5. The Hall–Kier alpha value is -1.92. The van der Waals surface area contributed by atoms with Gasteiger partial charge in [-0.25, -0.2) is 14.0 Å². The van der Waals surface area contributed by atoms with Gasteiger partial charge in [0.25, 0.3) is 0 Å². The minimum absolute atomic E-state index is 0.154. The summed E-state index contributed by atoms with van der Waals surface area (Å²) in [4.78, 5) is 26.2. The smallest absolute Gasteiger partial charge is 0.275 e. The molecule has 7 heteroatoms. The number of aromatic amines is 2. The molecular formula is C5H5N5O2. The molecule has 0 saturated carbocycles. The molecule has 0 aliphatic rings. The predicted molar refractivity (Wildman–Crippen MR) is 39.0 cm³/mol. The van der Waals surface area contributed by atoms with Crippen LogP contribution in [0.5, 0.6) is 0 Å². The van der Waals surface area contributed by atoms with Crippen LogP contribution in [0, 0.1) is 6.92 Å². The predicted octanol–water partition coefficient (Wildman–Crippen LogP) is -1.59. The molecule has 0 aromatic carbocycles. The summed E-state index contributed by atoms with van der Waals surface area (Å²) in [5.41, 5.74) is -1.11. The van der Waals surface area contributed by atoms with Crippen molar-refractivity contribution in [2.75, 3.05) is 0 Å². The van der Waals surface area contributed by atoms with Crippen LogP contribution >= 0.6 is 0 Å². The number of aryl methyl sites for hydroxylation is 1. The van der Waals surface area contributed by atoms with Gasteiger partial charge in [-0.1, -0.05) is 0 Å². The largest absolute Gasteiger partial charge is 0.338 e. The van der Waals surface area contributed by atoms with Crippen molar-refractivity contribution >= 4 is 5.78 Å². The van der Waals surface area contributed by atoms with Crippen LogP contribution in [-0.2, 0) is 0 Å². The zero-order valence-electron chi connectivity index (χ0n) is 6.16. The average molecular weight is 167 g/mol. The molecule has 12 heavy (non-hydrogen) atoms. The first kappa shape index (κ1) is 6.77. The lowest BCUT2D eigenvalue weighted by Crippen LogP contribution is -2.28. The van der Waals surface area contributed by atoms with Crippen LogP contribution in [0.4, 0.5) is 0 Å². The van der Waals surface area contributed by atoms with Gasteiger partial charge in [0.05, 0.1) is 0 Å². The van der Waals surface area contributed by atoms with Crippen molar-refractivity contribution in [3.05, 3.63) is 26.8 Å². The summed E-state index contributed by atoms with van der Waals surface area (Å²) in [7, 11) is 0. The summed E-state index contributed by atoms with van der Waals surface area (Å²) >= 11 is 0. The Bertz CT molecular complexity index is 532. The third-order valence-electron chi connectivity index (χ3n) is 1.47. The molecule has 0 atom stereocenters. The molecule has 0 fully saturated rings. The fourth-order valence-corrected chi connectivity index (χ4v) is 0.972. The van der Waals surface area contributed by atoms with Crippen molar-refractivity contribution in [1.82, 2.24) is 24.6 Å². The normalized spacial score (nSPS) is 10.8. The molecular weight excluding hydrogens is 162 g/mol. The molecule has 2 aromatic heterocycles. The number of H-pyrrole nitrogens is 2. The first-order valence-corrected chi connectivity index (χ1v) is 3.23. The molecule has 0 aliphatic carbocycles. The zero-order valence-corrected chi connectivity index (χ0v) is 6.16. The number of rotatable bonds is 0. The van der Waals surface area contributed by atoms with Crippen LogP contribution in [0.2, 0.25) is 0 Å².